The van der Waals surface area contributed by atoms with Crippen molar-refractivity contribution in [3.63, 3.8) is 0 Å². The lowest BCUT2D eigenvalue weighted by Crippen LogP contribution is -2.32. The van der Waals surface area contributed by atoms with Crippen LogP contribution in [0.15, 0.2) is 23.7 Å². The maximum atomic E-state index is 11.9. The molecule has 1 aliphatic heterocycles. The quantitative estimate of drug-likeness (QED) is 0.846. The molecule has 0 bridgehead atoms. The van der Waals surface area contributed by atoms with Crippen LogP contribution in [0.5, 0.6) is 0 Å². The molecule has 5 nitrogen and oxygen atoms in total. The van der Waals surface area contributed by atoms with Crippen LogP contribution in [0, 0.1) is 17.2 Å². The minimum Gasteiger partial charge on any atom is -0.308 e. The van der Waals surface area contributed by atoms with Gasteiger partial charge in [0.25, 0.3) is 0 Å². The number of rotatable bonds is 1. The van der Waals surface area contributed by atoms with Crippen molar-refractivity contribution in [1.29, 1.82) is 5.26 Å². The van der Waals surface area contributed by atoms with Crippen molar-refractivity contribution < 1.29 is 4.79 Å². The number of amides is 1. The van der Waals surface area contributed by atoms with Gasteiger partial charge in [0.1, 0.15) is 5.92 Å². The van der Waals surface area contributed by atoms with Crippen LogP contribution in [0.3, 0.4) is 0 Å². The molecule has 0 radical (unpaired) electrons. The van der Waals surface area contributed by atoms with E-state index < -0.39 is 5.92 Å². The van der Waals surface area contributed by atoms with Crippen LogP contribution in [-0.2, 0) is 11.8 Å². The Morgan fingerprint density at radius 2 is 2.44 bits per heavy atom. The van der Waals surface area contributed by atoms with E-state index in [0.717, 1.165) is 10.4 Å². The summed E-state index contributed by atoms with van der Waals surface area (Å²) in [4.78, 5) is 12.9. The van der Waals surface area contributed by atoms with Gasteiger partial charge < -0.3 is 5.32 Å². The Labute approximate surface area is 108 Å². The highest BCUT2D eigenvalue weighted by atomic mass is 32.1. The fraction of sp³-hybridized carbons (Fsp3) is 0.250. The van der Waals surface area contributed by atoms with Crippen LogP contribution in [0.1, 0.15) is 16.4 Å². The molecule has 0 spiro atoms. The summed E-state index contributed by atoms with van der Waals surface area (Å²) in [5, 5.41) is 18.1. The van der Waals surface area contributed by atoms with E-state index >= 15 is 0 Å². The van der Waals surface area contributed by atoms with Crippen molar-refractivity contribution in [2.75, 3.05) is 5.32 Å². The smallest absolute Gasteiger partial charge is 0.243 e. The van der Waals surface area contributed by atoms with Gasteiger partial charge in [-0.15, -0.1) is 11.3 Å². The Morgan fingerprint density at radius 1 is 1.61 bits per heavy atom. The highest BCUT2D eigenvalue weighted by Gasteiger charge is 2.39. The molecule has 3 rings (SSSR count). The molecule has 18 heavy (non-hydrogen) atoms. The number of carbonyl (C=O) groups is 1. The molecule has 1 aliphatic rings. The predicted octanol–water partition coefficient (Wildman–Crippen LogP) is 1.71. The number of anilines is 1. The maximum Gasteiger partial charge on any atom is 0.243 e. The van der Waals surface area contributed by atoms with E-state index in [4.69, 9.17) is 0 Å². The van der Waals surface area contributed by atoms with Crippen LogP contribution in [0.4, 0.5) is 5.82 Å². The van der Waals surface area contributed by atoms with Crippen molar-refractivity contribution in [3.8, 4) is 6.07 Å². The fourth-order valence-electron chi connectivity index (χ4n) is 2.28. The maximum absolute atomic E-state index is 11.9. The van der Waals surface area contributed by atoms with Gasteiger partial charge in [-0.2, -0.15) is 10.4 Å². The Kier molecular flexibility index (Phi) is 2.42. The number of hydrogen-bond donors (Lipinski definition) is 1. The first-order valence-corrected chi connectivity index (χ1v) is 6.36. The predicted molar refractivity (Wildman–Crippen MR) is 67.1 cm³/mol. The number of nitriles is 1. The second kappa shape index (κ2) is 3.96. The van der Waals surface area contributed by atoms with E-state index in [0.29, 0.717) is 5.82 Å². The van der Waals surface area contributed by atoms with Gasteiger partial charge in [0, 0.05) is 29.6 Å². The van der Waals surface area contributed by atoms with Crippen LogP contribution in [0.2, 0.25) is 0 Å². The molecular formula is C12H10N4OS. The number of hydrogen-bond acceptors (Lipinski definition) is 4. The third kappa shape index (κ3) is 1.52. The van der Waals surface area contributed by atoms with Crippen LogP contribution >= 0.6 is 11.3 Å². The van der Waals surface area contributed by atoms with Crippen molar-refractivity contribution in [1.82, 2.24) is 9.78 Å². The highest BCUT2D eigenvalue weighted by molar-refractivity contribution is 7.10. The van der Waals surface area contributed by atoms with Gasteiger partial charge in [-0.1, -0.05) is 6.07 Å². The Morgan fingerprint density at radius 3 is 3.11 bits per heavy atom. The monoisotopic (exact) mass is 258 g/mol. The zero-order valence-electron chi connectivity index (χ0n) is 9.62. The van der Waals surface area contributed by atoms with E-state index in [1.54, 1.807) is 23.1 Å². The number of carbonyl (C=O) groups excluding carboxylic acids is 1. The Hall–Kier alpha value is -2.13. The number of nitrogens with zero attached hydrogens (tertiary/aromatic N) is 3. The molecule has 2 unspecified atom stereocenters. The molecule has 90 valence electrons. The second-order valence-electron chi connectivity index (χ2n) is 4.20. The third-order valence-corrected chi connectivity index (χ3v) is 3.99. The van der Waals surface area contributed by atoms with Crippen LogP contribution in [-0.4, -0.2) is 15.7 Å². The molecule has 6 heteroatoms. The van der Waals surface area contributed by atoms with Crippen molar-refractivity contribution >= 4 is 23.1 Å². The zero-order chi connectivity index (χ0) is 12.7. The summed E-state index contributed by atoms with van der Waals surface area (Å²) in [6, 6.07) is 5.98. The lowest BCUT2D eigenvalue weighted by Gasteiger charge is -2.24. The zero-order valence-corrected chi connectivity index (χ0v) is 10.4. The molecule has 1 N–H and O–H groups in total. The van der Waals surface area contributed by atoms with Gasteiger partial charge in [-0.25, -0.2) is 0 Å². The van der Waals surface area contributed by atoms with E-state index in [1.807, 2.05) is 23.7 Å². The van der Waals surface area contributed by atoms with Crippen molar-refractivity contribution in [3.05, 3.63) is 34.2 Å². The lowest BCUT2D eigenvalue weighted by molar-refractivity contribution is -0.119. The molecule has 1 amide bonds. The van der Waals surface area contributed by atoms with Crippen LogP contribution in [0.25, 0.3) is 0 Å². The molecule has 0 fully saturated rings. The standard InChI is InChI=1S/C12H10N4OS/c1-16-6-8-10(9-3-2-4-18-9)7(5-13)12(17)14-11(8)15-16/h2-4,6-7,10H,1H3,(H,14,15,17). The van der Waals surface area contributed by atoms with Gasteiger partial charge in [-0.3, -0.25) is 9.48 Å². The molecular weight excluding hydrogens is 248 g/mol. The van der Waals surface area contributed by atoms with Crippen molar-refractivity contribution in [2.45, 2.75) is 5.92 Å². The molecule has 0 saturated carbocycles. The van der Waals surface area contributed by atoms with E-state index in [-0.39, 0.29) is 11.8 Å². The van der Waals surface area contributed by atoms with Gasteiger partial charge in [0.15, 0.2) is 5.82 Å². The molecule has 2 aromatic heterocycles. The van der Waals surface area contributed by atoms with E-state index in [9.17, 15) is 10.1 Å². The average Bonchev–Trinajstić information content (AvgIpc) is 2.95. The normalized spacial score (nSPS) is 22.1. The summed E-state index contributed by atoms with van der Waals surface area (Å²) in [6.07, 6.45) is 1.86. The minimum atomic E-state index is -0.694. The summed E-state index contributed by atoms with van der Waals surface area (Å²) in [6.45, 7) is 0. The molecule has 2 aromatic rings. The first-order valence-electron chi connectivity index (χ1n) is 5.48. The topological polar surface area (TPSA) is 70.7 Å². The highest BCUT2D eigenvalue weighted by Crippen LogP contribution is 2.41. The van der Waals surface area contributed by atoms with Gasteiger partial charge >= 0.3 is 0 Å². The first kappa shape index (κ1) is 11.0. The molecule has 0 saturated heterocycles. The molecule has 3 heterocycles. The van der Waals surface area contributed by atoms with Crippen LogP contribution < -0.4 is 5.32 Å². The Bertz CT molecular complexity index is 638. The number of aryl methyl sites for hydroxylation is 1. The molecule has 0 aliphatic carbocycles. The lowest BCUT2D eigenvalue weighted by atomic mass is 9.83. The summed E-state index contributed by atoms with van der Waals surface area (Å²) in [5.74, 6) is -0.623. The summed E-state index contributed by atoms with van der Waals surface area (Å²) >= 11 is 1.56. The van der Waals surface area contributed by atoms with E-state index in [1.165, 1.54) is 0 Å². The first-order chi connectivity index (χ1) is 8.70. The molecule has 0 aromatic carbocycles. The third-order valence-electron chi connectivity index (χ3n) is 3.04. The fourth-order valence-corrected chi connectivity index (χ4v) is 3.16. The molecule has 2 atom stereocenters. The van der Waals surface area contributed by atoms with E-state index in [2.05, 4.69) is 16.5 Å². The number of nitrogens with one attached hydrogen (secondary N) is 1. The number of fused-ring (bicyclic) bond motifs is 1. The summed E-state index contributed by atoms with van der Waals surface area (Å²) in [7, 11) is 1.80. The van der Waals surface area contributed by atoms with Gasteiger partial charge in [-0.05, 0) is 11.4 Å². The average molecular weight is 258 g/mol. The second-order valence-corrected chi connectivity index (χ2v) is 5.18. The summed E-state index contributed by atoms with van der Waals surface area (Å²) < 4.78 is 1.66. The van der Waals surface area contributed by atoms with Gasteiger partial charge in [0.05, 0.1) is 6.07 Å². The Balaban J connectivity index is 2.18. The number of aromatic nitrogens is 2. The van der Waals surface area contributed by atoms with Gasteiger partial charge in [0.2, 0.25) is 5.91 Å². The number of thiophene rings is 1. The SMILES string of the molecule is Cn1cc2c(n1)NC(=O)C(C#N)C2c1cccs1. The summed E-state index contributed by atoms with van der Waals surface area (Å²) in [5.41, 5.74) is 0.908. The minimum absolute atomic E-state index is 0.215. The van der Waals surface area contributed by atoms with Crippen molar-refractivity contribution in [2.24, 2.45) is 13.0 Å². The largest absolute Gasteiger partial charge is 0.308 e.